The van der Waals surface area contributed by atoms with Crippen LogP contribution in [0.1, 0.15) is 57.6 Å². The summed E-state index contributed by atoms with van der Waals surface area (Å²) in [7, 11) is 0. The molecule has 0 amide bonds. The molecule has 9 rings (SSSR count). The molecule has 63 heavy (non-hydrogen) atoms. The second-order valence-electron chi connectivity index (χ2n) is 15.5. The van der Waals surface area contributed by atoms with Crippen molar-refractivity contribution in [1.29, 1.82) is 0 Å². The van der Waals surface area contributed by atoms with Crippen LogP contribution in [-0.4, -0.2) is 9.55 Å². The van der Waals surface area contributed by atoms with Gasteiger partial charge in [0.05, 0.1) is 5.82 Å². The molecular weight excluding hydrogens is 947 g/mol. The molecule has 0 saturated heterocycles. The van der Waals surface area contributed by atoms with E-state index in [1.54, 1.807) is 0 Å². The third-order valence-electron chi connectivity index (χ3n) is 10.6. The molecule has 0 spiro atoms. The zero-order chi connectivity index (χ0) is 42.8. The van der Waals surface area contributed by atoms with Gasteiger partial charge in [0.25, 0.3) is 0 Å². The second-order valence-corrected chi connectivity index (χ2v) is 15.5. The summed E-state index contributed by atoms with van der Waals surface area (Å²) in [6.07, 6.45) is 7.95. The fourth-order valence-corrected chi connectivity index (χ4v) is 7.60. The van der Waals surface area contributed by atoms with Gasteiger partial charge in [-0.3, -0.25) is 4.98 Å². The predicted octanol–water partition coefficient (Wildman–Crippen LogP) is 14.3. The molecule has 1 aromatic heterocycles. The minimum Gasteiger partial charge on any atom is -0.536 e. The van der Waals surface area contributed by atoms with Crippen molar-refractivity contribution < 1.29 is 19.8 Å². The monoisotopic (exact) mass is 998 g/mol. The SMILES string of the molecule is C/C=C\N([CH-]Nc1[c-]cccc1)c1[c-]cccc1.CC(C)c1cc(-c2ccccc2)cc(C(C)C)c1-n1ccnc1-c1[c-]c(N2[CH-]N(c3[c-]cccc3)c3ccccc32)ccc1.[Os+6]. The van der Waals surface area contributed by atoms with Crippen LogP contribution in [0.3, 0.4) is 0 Å². The van der Waals surface area contributed by atoms with E-state index in [9.17, 15) is 0 Å². The summed E-state index contributed by atoms with van der Waals surface area (Å²) in [5.41, 5.74) is 13.3. The van der Waals surface area contributed by atoms with Crippen molar-refractivity contribution >= 4 is 34.1 Å². The van der Waals surface area contributed by atoms with Crippen LogP contribution >= 0.6 is 0 Å². The van der Waals surface area contributed by atoms with Gasteiger partial charge < -0.3 is 24.6 Å². The van der Waals surface area contributed by atoms with Crippen LogP contribution in [0.2, 0.25) is 0 Å². The number of nitrogens with one attached hydrogen (secondary N) is 1. The van der Waals surface area contributed by atoms with Crippen LogP contribution in [0.25, 0.3) is 28.2 Å². The van der Waals surface area contributed by atoms with Crippen LogP contribution < -0.4 is 20.0 Å². The van der Waals surface area contributed by atoms with Crippen LogP contribution in [0.15, 0.2) is 182 Å². The first kappa shape index (κ1) is 44.4. The Bertz CT molecular complexity index is 2670. The molecular formula is C56H50N6Os. The van der Waals surface area contributed by atoms with E-state index in [0.29, 0.717) is 11.8 Å². The number of rotatable bonds is 12. The van der Waals surface area contributed by atoms with Gasteiger partial charge in [0.1, 0.15) is 0 Å². The number of fused-ring (bicyclic) bond motifs is 1. The van der Waals surface area contributed by atoms with Gasteiger partial charge in [0.15, 0.2) is 0 Å². The Labute approximate surface area is 387 Å². The molecule has 312 valence electrons. The molecule has 1 aliphatic rings. The predicted molar refractivity (Wildman–Crippen MR) is 258 cm³/mol. The van der Waals surface area contributed by atoms with E-state index >= 15 is 0 Å². The average Bonchev–Trinajstić information content (AvgIpc) is 3.97. The fourth-order valence-electron chi connectivity index (χ4n) is 7.60. The number of hydrogen-bond acceptors (Lipinski definition) is 5. The number of hydrogen-bond donors (Lipinski definition) is 1. The topological polar surface area (TPSA) is 39.6 Å². The number of para-hydroxylation sites is 5. The number of benzene rings is 7. The zero-order valence-electron chi connectivity index (χ0n) is 36.2. The molecule has 2 heterocycles. The molecule has 0 radical (unpaired) electrons. The average molecular weight is 997 g/mol. The maximum Gasteiger partial charge on any atom is 6.00 e. The summed E-state index contributed by atoms with van der Waals surface area (Å²) in [4.78, 5) is 11.3. The summed E-state index contributed by atoms with van der Waals surface area (Å²) >= 11 is 0. The normalized spacial score (nSPS) is 11.9. The molecule has 0 aliphatic carbocycles. The molecule has 0 unspecified atom stereocenters. The van der Waals surface area contributed by atoms with Gasteiger partial charge in [-0.15, -0.1) is 53.6 Å². The van der Waals surface area contributed by atoms with Crippen molar-refractivity contribution in [2.45, 2.75) is 46.5 Å². The molecule has 7 aromatic carbocycles. The molecule has 0 saturated carbocycles. The van der Waals surface area contributed by atoms with Crippen LogP contribution in [-0.2, 0) is 19.8 Å². The van der Waals surface area contributed by atoms with Gasteiger partial charge in [0, 0.05) is 29.5 Å². The molecule has 1 N–H and O–H groups in total. The standard InChI is InChI=1S/C40H35N4.C16H15N2.Os/c1-28(2)35-25-32(30-14-7-5-8-15-30)26-36(29(3)4)39(35)42-23-22-41-40(42)31-16-13-19-34(24-31)44-27-43(33-17-9-6-10-18-33)37-20-11-12-21-38(37)44;1-2-13-18(16-11-7-4-8-12-16)14-17-15-9-5-3-6-10-15;/h5-17,19-23,25-29H,1-4H3;2-9,11,13-14,17H,1H3;/q2*-3;+6/b;13-2-;. The van der Waals surface area contributed by atoms with Crippen molar-refractivity contribution in [2.75, 3.05) is 20.0 Å². The Morgan fingerprint density at radius 1 is 0.667 bits per heavy atom. The van der Waals surface area contributed by atoms with E-state index in [0.717, 1.165) is 45.5 Å². The van der Waals surface area contributed by atoms with E-state index in [1.807, 2.05) is 104 Å². The number of aromatic nitrogens is 2. The van der Waals surface area contributed by atoms with Crippen LogP contribution in [0.5, 0.6) is 0 Å². The van der Waals surface area contributed by atoms with Crippen LogP contribution in [0, 0.1) is 37.6 Å². The van der Waals surface area contributed by atoms with Crippen molar-refractivity contribution in [2.24, 2.45) is 0 Å². The first-order chi connectivity index (χ1) is 30.4. The van der Waals surface area contributed by atoms with E-state index in [1.165, 1.54) is 27.9 Å². The minimum absolute atomic E-state index is 0. The summed E-state index contributed by atoms with van der Waals surface area (Å²) < 4.78 is 2.27. The molecule has 0 bridgehead atoms. The number of imidazole rings is 1. The Hall–Kier alpha value is -6.67. The molecule has 7 heteroatoms. The van der Waals surface area contributed by atoms with Crippen molar-refractivity contribution in [3.63, 3.8) is 0 Å². The largest absolute Gasteiger partial charge is 6.00 e. The van der Waals surface area contributed by atoms with E-state index < -0.39 is 0 Å². The molecule has 0 atom stereocenters. The molecule has 0 fully saturated rings. The van der Waals surface area contributed by atoms with E-state index in [-0.39, 0.29) is 19.8 Å². The first-order valence-corrected chi connectivity index (χ1v) is 21.1. The maximum absolute atomic E-state index is 4.91. The van der Waals surface area contributed by atoms with Gasteiger partial charge in [0.2, 0.25) is 0 Å². The van der Waals surface area contributed by atoms with Gasteiger partial charge in [-0.2, -0.15) is 97.7 Å². The van der Waals surface area contributed by atoms with Gasteiger partial charge in [-0.25, -0.2) is 0 Å². The fraction of sp³-hybridized carbons (Fsp3) is 0.125. The molecule has 1 aliphatic heterocycles. The second kappa shape index (κ2) is 20.9. The summed E-state index contributed by atoms with van der Waals surface area (Å²) in [6.45, 7) is 15.1. The van der Waals surface area contributed by atoms with Crippen LogP contribution in [0.4, 0.5) is 34.1 Å². The third kappa shape index (κ3) is 10.2. The number of nitrogens with zero attached hydrogens (tertiary/aromatic N) is 5. The molecule has 6 nitrogen and oxygen atoms in total. The Balaban J connectivity index is 0.000000263. The third-order valence-corrected chi connectivity index (χ3v) is 10.6. The van der Waals surface area contributed by atoms with Gasteiger partial charge in [-0.1, -0.05) is 81.9 Å². The molecule has 8 aromatic rings. The number of allylic oxidation sites excluding steroid dienone is 1. The van der Waals surface area contributed by atoms with Crippen molar-refractivity contribution in [3.8, 4) is 28.2 Å². The van der Waals surface area contributed by atoms with Gasteiger partial charge >= 0.3 is 19.8 Å². The zero-order valence-corrected chi connectivity index (χ0v) is 38.8. The summed E-state index contributed by atoms with van der Waals surface area (Å²) in [6, 6.07) is 67.2. The Kier molecular flexibility index (Phi) is 14.7. The van der Waals surface area contributed by atoms with E-state index in [2.05, 4.69) is 176 Å². The van der Waals surface area contributed by atoms with Crippen molar-refractivity contribution in [3.05, 3.63) is 231 Å². The van der Waals surface area contributed by atoms with Gasteiger partial charge in [-0.05, 0) is 71.5 Å². The summed E-state index contributed by atoms with van der Waals surface area (Å²) in [5.74, 6) is 1.53. The Morgan fingerprint density at radius 2 is 1.29 bits per heavy atom. The van der Waals surface area contributed by atoms with Crippen molar-refractivity contribution in [1.82, 2.24) is 9.55 Å². The maximum atomic E-state index is 4.91. The first-order valence-electron chi connectivity index (χ1n) is 21.1. The minimum atomic E-state index is 0. The van der Waals surface area contributed by atoms with E-state index in [4.69, 9.17) is 4.98 Å². The summed E-state index contributed by atoms with van der Waals surface area (Å²) in [5, 5.41) is 3.20. The number of anilines is 6. The smallest absolute Gasteiger partial charge is 0.536 e. The Morgan fingerprint density at radius 3 is 1.90 bits per heavy atom. The quantitative estimate of drug-likeness (QED) is 0.124.